The Bertz CT molecular complexity index is 781. The Morgan fingerprint density at radius 2 is 1.81 bits per heavy atom. The minimum Gasteiger partial charge on any atom is -0.508 e. The fraction of sp³-hybridized carbons (Fsp3) is 0.200. The molecular weight excluding hydrogens is 276 g/mol. The summed E-state index contributed by atoms with van der Waals surface area (Å²) in [5.74, 6) is -1.76. The Balaban J connectivity index is 2.15. The van der Waals surface area contributed by atoms with Crippen molar-refractivity contribution < 1.29 is 33.0 Å². The molecule has 6 heteroatoms. The zero-order valence-corrected chi connectivity index (χ0v) is 10.7. The number of benzene rings is 2. The minimum atomic E-state index is -2.16. The van der Waals surface area contributed by atoms with Crippen LogP contribution in [-0.2, 0) is 6.40 Å². The lowest BCUT2D eigenvalue weighted by Crippen LogP contribution is -2.30. The Labute approximate surface area is 122 Å². The molecule has 0 radical (unpaired) electrons. The lowest BCUT2D eigenvalue weighted by atomic mass is 9.94. The van der Waals surface area contributed by atoms with Gasteiger partial charge in [0.2, 0.25) is 0 Å². The first kappa shape index (κ1) is 11.1. The summed E-state index contributed by atoms with van der Waals surface area (Å²) in [6.07, 6.45) is -5.26. The van der Waals surface area contributed by atoms with E-state index in [-0.39, 0.29) is 22.6 Å². The molecule has 2 aromatic carbocycles. The molecular formula is C15H14O6. The van der Waals surface area contributed by atoms with Gasteiger partial charge in [-0.3, -0.25) is 0 Å². The molecule has 0 aromatic heterocycles. The normalized spacial score (nSPS) is 29.0. The van der Waals surface area contributed by atoms with Crippen LogP contribution in [0.25, 0.3) is 0 Å². The molecule has 1 unspecified atom stereocenters. The van der Waals surface area contributed by atoms with Crippen molar-refractivity contribution in [3.05, 3.63) is 41.5 Å². The first-order valence-electron chi connectivity index (χ1n) is 7.19. The van der Waals surface area contributed by atoms with E-state index in [0.29, 0.717) is 0 Å². The maximum absolute atomic E-state index is 10.3. The van der Waals surface area contributed by atoms with Gasteiger partial charge in [0.15, 0.2) is 11.5 Å². The van der Waals surface area contributed by atoms with Gasteiger partial charge < -0.3 is 30.3 Å². The monoisotopic (exact) mass is 292 g/mol. The van der Waals surface area contributed by atoms with Gasteiger partial charge in [-0.1, -0.05) is 6.07 Å². The molecule has 3 atom stereocenters. The second-order valence-corrected chi connectivity index (χ2v) is 4.66. The largest absolute Gasteiger partial charge is 0.508 e. The summed E-state index contributed by atoms with van der Waals surface area (Å²) in [6.45, 7) is 0. The van der Waals surface area contributed by atoms with Crippen molar-refractivity contribution in [2.24, 2.45) is 0 Å². The maximum atomic E-state index is 10.3. The molecule has 6 nitrogen and oxygen atoms in total. The van der Waals surface area contributed by atoms with Gasteiger partial charge in [-0.15, -0.1) is 0 Å². The highest BCUT2D eigenvalue weighted by Gasteiger charge is 2.32. The maximum Gasteiger partial charge on any atom is 0.157 e. The van der Waals surface area contributed by atoms with Gasteiger partial charge in [-0.05, 0) is 17.7 Å². The minimum absolute atomic E-state index is 0.00559. The van der Waals surface area contributed by atoms with E-state index in [1.54, 1.807) is 0 Å². The number of ether oxygens (including phenoxy) is 1. The smallest absolute Gasteiger partial charge is 0.157 e. The number of phenols is 4. The highest BCUT2D eigenvalue weighted by molar-refractivity contribution is 5.52. The second kappa shape index (κ2) is 4.75. The number of rotatable bonds is 1. The van der Waals surface area contributed by atoms with Crippen LogP contribution in [0, 0.1) is 0 Å². The van der Waals surface area contributed by atoms with Gasteiger partial charge in [0, 0.05) is 25.5 Å². The Hall–Kier alpha value is -2.60. The van der Waals surface area contributed by atoms with Crippen LogP contribution in [0.15, 0.2) is 30.3 Å². The van der Waals surface area contributed by atoms with Crippen LogP contribution in [0.2, 0.25) is 0 Å². The Morgan fingerprint density at radius 1 is 1.05 bits per heavy atom. The van der Waals surface area contributed by atoms with Crippen molar-refractivity contribution >= 4 is 0 Å². The summed E-state index contributed by atoms with van der Waals surface area (Å²) < 4.78 is 21.9. The molecule has 2 aromatic rings. The van der Waals surface area contributed by atoms with Crippen LogP contribution in [0.4, 0.5) is 0 Å². The van der Waals surface area contributed by atoms with E-state index < -0.39 is 35.8 Å². The summed E-state index contributed by atoms with van der Waals surface area (Å²) in [4.78, 5) is 0. The number of aliphatic hydroxyl groups excluding tert-OH is 1. The van der Waals surface area contributed by atoms with Crippen molar-refractivity contribution in [2.75, 3.05) is 0 Å². The zero-order valence-electron chi connectivity index (χ0n) is 12.7. The van der Waals surface area contributed by atoms with Crippen LogP contribution in [0.1, 0.15) is 19.9 Å². The molecule has 1 heterocycles. The quantitative estimate of drug-likeness (QED) is 0.510. The van der Waals surface area contributed by atoms with Crippen molar-refractivity contribution in [1.29, 1.82) is 0 Å². The fourth-order valence-corrected chi connectivity index (χ4v) is 2.17. The summed E-state index contributed by atoms with van der Waals surface area (Å²) in [6, 6.07) is 5.59. The number of aromatic hydroxyl groups is 4. The number of aliphatic hydroxyl groups is 1. The summed E-state index contributed by atoms with van der Waals surface area (Å²) in [7, 11) is 0. The summed E-state index contributed by atoms with van der Waals surface area (Å²) >= 11 is 0. The standard InChI is InChI=1S/C15H14O6/c16-8-4-11(18)9-6-13(20)15(21-14(9)5-8)7-1-2-10(17)12(19)3-7/h1-5,13,15-20H,6H2/t13-,15-/m1/s1/i6D,15D/t6?,13-,15-. The van der Waals surface area contributed by atoms with Crippen LogP contribution >= 0.6 is 0 Å². The highest BCUT2D eigenvalue weighted by Crippen LogP contribution is 2.42. The average Bonchev–Trinajstić information content (AvgIpc) is 2.46. The van der Waals surface area contributed by atoms with Crippen LogP contribution in [0.5, 0.6) is 28.7 Å². The van der Waals surface area contributed by atoms with E-state index in [2.05, 4.69) is 0 Å². The third kappa shape index (κ3) is 2.30. The molecule has 110 valence electrons. The molecule has 1 aliphatic heterocycles. The average molecular weight is 292 g/mol. The van der Waals surface area contributed by atoms with Crippen molar-refractivity contribution in [3.8, 4) is 28.7 Å². The molecule has 0 spiro atoms. The van der Waals surface area contributed by atoms with E-state index in [0.717, 1.165) is 24.3 Å². The number of fused-ring (bicyclic) bond motifs is 1. The molecule has 0 saturated carbocycles. The first-order valence-corrected chi connectivity index (χ1v) is 6.11. The molecule has 5 N–H and O–H groups in total. The van der Waals surface area contributed by atoms with Crippen LogP contribution < -0.4 is 4.74 Å². The van der Waals surface area contributed by atoms with Crippen LogP contribution in [-0.4, -0.2) is 31.6 Å². The van der Waals surface area contributed by atoms with E-state index in [1.165, 1.54) is 6.07 Å². The van der Waals surface area contributed by atoms with Gasteiger partial charge in [0.1, 0.15) is 23.3 Å². The highest BCUT2D eigenvalue weighted by atomic mass is 16.5. The molecule has 0 saturated heterocycles. The molecule has 21 heavy (non-hydrogen) atoms. The Kier molecular flexibility index (Phi) is 2.51. The molecule has 3 rings (SSSR count). The van der Waals surface area contributed by atoms with Gasteiger partial charge in [-0.25, -0.2) is 0 Å². The van der Waals surface area contributed by atoms with Crippen molar-refractivity contribution in [2.45, 2.75) is 18.6 Å². The van der Waals surface area contributed by atoms with E-state index in [1.807, 2.05) is 0 Å². The molecule has 0 fully saturated rings. The first-order chi connectivity index (χ1) is 10.7. The predicted octanol–water partition coefficient (Wildman–Crippen LogP) is 1.55. The summed E-state index contributed by atoms with van der Waals surface area (Å²) in [5.41, 5.74) is -0.0350. The van der Waals surface area contributed by atoms with E-state index >= 15 is 0 Å². The molecule has 0 bridgehead atoms. The molecule has 1 aliphatic rings. The van der Waals surface area contributed by atoms with E-state index in [9.17, 15) is 25.5 Å². The molecule has 0 amide bonds. The van der Waals surface area contributed by atoms with Gasteiger partial charge in [0.25, 0.3) is 0 Å². The van der Waals surface area contributed by atoms with Crippen molar-refractivity contribution in [1.82, 2.24) is 0 Å². The third-order valence-electron chi connectivity index (χ3n) is 3.18. The Morgan fingerprint density at radius 3 is 2.52 bits per heavy atom. The SMILES string of the molecule is [2H]C1c2c(O)cc(O)cc2O[C@]([2H])(c2ccc(O)c(O)c2)[C@@H]1O. The summed E-state index contributed by atoms with van der Waals surface area (Å²) in [5, 5.41) is 48.7. The number of hydrogen-bond acceptors (Lipinski definition) is 6. The molecule has 0 aliphatic carbocycles. The fourth-order valence-electron chi connectivity index (χ4n) is 2.17. The van der Waals surface area contributed by atoms with Gasteiger partial charge in [0.05, 0.1) is 7.47 Å². The lowest BCUT2D eigenvalue weighted by Gasteiger charge is -2.31. The predicted molar refractivity (Wildman–Crippen MR) is 72.6 cm³/mol. The van der Waals surface area contributed by atoms with Gasteiger partial charge >= 0.3 is 0 Å². The number of phenolic OH excluding ortho intramolecular Hbond substituents is 4. The van der Waals surface area contributed by atoms with Crippen molar-refractivity contribution in [3.63, 3.8) is 0 Å². The lowest BCUT2D eigenvalue weighted by molar-refractivity contribution is 0.0197. The van der Waals surface area contributed by atoms with E-state index in [4.69, 9.17) is 7.48 Å². The van der Waals surface area contributed by atoms with Gasteiger partial charge in [-0.2, -0.15) is 0 Å². The number of hydrogen-bond donors (Lipinski definition) is 5. The third-order valence-corrected chi connectivity index (χ3v) is 3.18. The zero-order chi connectivity index (χ0) is 16.9. The topological polar surface area (TPSA) is 110 Å². The second-order valence-electron chi connectivity index (χ2n) is 4.66. The van der Waals surface area contributed by atoms with Crippen LogP contribution in [0.3, 0.4) is 0 Å².